The third-order valence-corrected chi connectivity index (χ3v) is 3.93. The van der Waals surface area contributed by atoms with Crippen molar-refractivity contribution in [2.75, 3.05) is 31.6 Å². The van der Waals surface area contributed by atoms with Gasteiger partial charge in [0.15, 0.2) is 5.82 Å². The smallest absolute Gasteiger partial charge is 0.226 e. The van der Waals surface area contributed by atoms with Crippen LogP contribution in [0, 0.1) is 13.8 Å². The van der Waals surface area contributed by atoms with Crippen LogP contribution in [0.3, 0.4) is 0 Å². The molecule has 1 atom stereocenters. The molecule has 1 unspecified atom stereocenters. The Morgan fingerprint density at radius 2 is 2.33 bits per heavy atom. The second-order valence-corrected chi connectivity index (χ2v) is 6.15. The molecule has 3 heterocycles. The van der Waals surface area contributed by atoms with Crippen LogP contribution in [0.1, 0.15) is 17.7 Å². The number of rotatable bonds is 6. The highest BCUT2D eigenvalue weighted by molar-refractivity contribution is 5.89. The minimum Gasteiger partial charge on any atom is -0.374 e. The Kier molecular flexibility index (Phi) is 5.27. The molecular formula is C16H23N5O3. The summed E-state index contributed by atoms with van der Waals surface area (Å²) in [6, 6.07) is 1.70. The molecule has 1 aliphatic rings. The fraction of sp³-hybridized carbons (Fsp3) is 0.562. The molecule has 2 aromatic rings. The van der Waals surface area contributed by atoms with Crippen molar-refractivity contribution in [1.82, 2.24) is 19.8 Å². The van der Waals surface area contributed by atoms with E-state index in [-0.39, 0.29) is 12.0 Å². The average molecular weight is 333 g/mol. The molecule has 0 aromatic carbocycles. The molecule has 1 saturated heterocycles. The molecule has 1 amide bonds. The maximum absolute atomic E-state index is 12.0. The van der Waals surface area contributed by atoms with Gasteiger partial charge in [0.05, 0.1) is 25.5 Å². The second-order valence-electron chi connectivity index (χ2n) is 6.15. The van der Waals surface area contributed by atoms with Crippen molar-refractivity contribution in [3.63, 3.8) is 0 Å². The zero-order valence-corrected chi connectivity index (χ0v) is 14.1. The van der Waals surface area contributed by atoms with Crippen molar-refractivity contribution in [1.29, 1.82) is 0 Å². The summed E-state index contributed by atoms with van der Waals surface area (Å²) >= 11 is 0. The van der Waals surface area contributed by atoms with Gasteiger partial charge in [-0.3, -0.25) is 14.4 Å². The van der Waals surface area contributed by atoms with Crippen molar-refractivity contribution in [2.45, 2.75) is 32.9 Å². The fourth-order valence-electron chi connectivity index (χ4n) is 2.76. The van der Waals surface area contributed by atoms with Crippen LogP contribution in [0.4, 0.5) is 5.82 Å². The molecule has 0 aliphatic carbocycles. The van der Waals surface area contributed by atoms with E-state index >= 15 is 0 Å². The van der Waals surface area contributed by atoms with E-state index in [9.17, 15) is 4.79 Å². The Hall–Kier alpha value is -2.19. The first kappa shape index (κ1) is 16.7. The molecule has 8 nitrogen and oxygen atoms in total. The first-order valence-electron chi connectivity index (χ1n) is 8.14. The van der Waals surface area contributed by atoms with Crippen LogP contribution >= 0.6 is 0 Å². The Morgan fingerprint density at radius 3 is 3.04 bits per heavy atom. The highest BCUT2D eigenvalue weighted by Gasteiger charge is 2.21. The van der Waals surface area contributed by atoms with Gasteiger partial charge in [-0.2, -0.15) is 5.10 Å². The SMILES string of the molecule is Cc1cnn(CC2CN(CCC(=O)Nc3cc(C)on3)CCO2)c1. The van der Waals surface area contributed by atoms with Crippen LogP contribution in [0.2, 0.25) is 0 Å². The van der Waals surface area contributed by atoms with Crippen molar-refractivity contribution in [3.8, 4) is 0 Å². The molecule has 130 valence electrons. The van der Waals surface area contributed by atoms with E-state index < -0.39 is 0 Å². The normalized spacial score (nSPS) is 18.7. The second kappa shape index (κ2) is 7.59. The van der Waals surface area contributed by atoms with Gasteiger partial charge in [-0.1, -0.05) is 5.16 Å². The van der Waals surface area contributed by atoms with Crippen molar-refractivity contribution >= 4 is 11.7 Å². The summed E-state index contributed by atoms with van der Waals surface area (Å²) in [4.78, 5) is 14.2. The summed E-state index contributed by atoms with van der Waals surface area (Å²) < 4.78 is 12.6. The summed E-state index contributed by atoms with van der Waals surface area (Å²) in [5.41, 5.74) is 1.14. The van der Waals surface area contributed by atoms with Crippen LogP contribution in [-0.4, -0.2) is 58.1 Å². The topological polar surface area (TPSA) is 85.4 Å². The van der Waals surface area contributed by atoms with Crippen LogP contribution in [-0.2, 0) is 16.1 Å². The van der Waals surface area contributed by atoms with Gasteiger partial charge in [0.25, 0.3) is 0 Å². The minimum absolute atomic E-state index is 0.0611. The monoisotopic (exact) mass is 333 g/mol. The summed E-state index contributed by atoms with van der Waals surface area (Å²) in [5, 5.41) is 10.8. The number of ether oxygens (including phenoxy) is 1. The van der Waals surface area contributed by atoms with Gasteiger partial charge in [0.2, 0.25) is 5.91 Å². The van der Waals surface area contributed by atoms with Gasteiger partial charge < -0.3 is 14.6 Å². The molecule has 1 fully saturated rings. The van der Waals surface area contributed by atoms with E-state index in [4.69, 9.17) is 9.26 Å². The molecule has 0 spiro atoms. The number of morpholine rings is 1. The number of aromatic nitrogens is 3. The summed E-state index contributed by atoms with van der Waals surface area (Å²) in [5.74, 6) is 1.08. The van der Waals surface area contributed by atoms with Crippen LogP contribution in [0.5, 0.6) is 0 Å². The first-order valence-corrected chi connectivity index (χ1v) is 8.14. The van der Waals surface area contributed by atoms with Crippen molar-refractivity contribution in [3.05, 3.63) is 29.8 Å². The first-order chi connectivity index (χ1) is 11.6. The molecule has 3 rings (SSSR count). The molecule has 2 aromatic heterocycles. The van der Waals surface area contributed by atoms with E-state index in [2.05, 4.69) is 20.5 Å². The van der Waals surface area contributed by atoms with E-state index in [0.29, 0.717) is 31.2 Å². The van der Waals surface area contributed by atoms with Gasteiger partial charge in [-0.25, -0.2) is 0 Å². The van der Waals surface area contributed by atoms with Gasteiger partial charge in [-0.15, -0.1) is 0 Å². The molecule has 0 radical (unpaired) electrons. The Labute approximate surface area is 140 Å². The summed E-state index contributed by atoms with van der Waals surface area (Å²) in [7, 11) is 0. The van der Waals surface area contributed by atoms with Crippen LogP contribution in [0.15, 0.2) is 23.0 Å². The number of amides is 1. The zero-order chi connectivity index (χ0) is 16.9. The number of aryl methyl sites for hydroxylation is 2. The van der Waals surface area contributed by atoms with Crippen LogP contribution in [0.25, 0.3) is 0 Å². The molecule has 24 heavy (non-hydrogen) atoms. The lowest BCUT2D eigenvalue weighted by Crippen LogP contribution is -2.45. The molecular weight excluding hydrogens is 310 g/mol. The molecule has 0 saturated carbocycles. The lowest BCUT2D eigenvalue weighted by Gasteiger charge is -2.32. The van der Waals surface area contributed by atoms with Gasteiger partial charge in [0.1, 0.15) is 5.76 Å². The maximum Gasteiger partial charge on any atom is 0.226 e. The zero-order valence-electron chi connectivity index (χ0n) is 14.1. The lowest BCUT2D eigenvalue weighted by molar-refractivity contribution is -0.117. The Morgan fingerprint density at radius 1 is 1.46 bits per heavy atom. The van der Waals surface area contributed by atoms with E-state index in [0.717, 1.165) is 25.2 Å². The largest absolute Gasteiger partial charge is 0.374 e. The number of hydrogen-bond acceptors (Lipinski definition) is 6. The van der Waals surface area contributed by atoms with Crippen molar-refractivity contribution < 1.29 is 14.1 Å². The van der Waals surface area contributed by atoms with E-state index in [1.54, 1.807) is 13.0 Å². The Balaban J connectivity index is 1.42. The Bertz CT molecular complexity index is 681. The summed E-state index contributed by atoms with van der Waals surface area (Å²) in [6.45, 7) is 7.55. The molecule has 8 heteroatoms. The van der Waals surface area contributed by atoms with Gasteiger partial charge in [0, 0.05) is 38.3 Å². The van der Waals surface area contributed by atoms with E-state index in [1.165, 1.54) is 0 Å². The van der Waals surface area contributed by atoms with Crippen LogP contribution < -0.4 is 5.32 Å². The maximum atomic E-state index is 12.0. The predicted molar refractivity (Wildman–Crippen MR) is 87.6 cm³/mol. The highest BCUT2D eigenvalue weighted by Crippen LogP contribution is 2.10. The molecule has 0 bridgehead atoms. The standard InChI is InChI=1S/C16H23N5O3/c1-12-8-17-21(9-12)11-14-10-20(5-6-23-14)4-3-16(22)18-15-7-13(2)24-19-15/h7-9,14H,3-6,10-11H2,1-2H3,(H,18,19,22). The number of nitrogens with one attached hydrogen (secondary N) is 1. The predicted octanol–water partition coefficient (Wildman–Crippen LogP) is 1.22. The molecule has 1 aliphatic heterocycles. The average Bonchev–Trinajstić information content (AvgIpc) is 3.14. The highest BCUT2D eigenvalue weighted by atomic mass is 16.5. The van der Waals surface area contributed by atoms with Crippen molar-refractivity contribution in [2.24, 2.45) is 0 Å². The number of nitrogens with zero attached hydrogens (tertiary/aromatic N) is 4. The van der Waals surface area contributed by atoms with Gasteiger partial charge >= 0.3 is 0 Å². The van der Waals surface area contributed by atoms with Gasteiger partial charge in [-0.05, 0) is 19.4 Å². The fourth-order valence-corrected chi connectivity index (χ4v) is 2.76. The number of anilines is 1. The quantitative estimate of drug-likeness (QED) is 0.855. The number of carbonyl (C=O) groups excluding carboxylic acids is 1. The minimum atomic E-state index is -0.0611. The third-order valence-electron chi connectivity index (χ3n) is 3.93. The number of hydrogen-bond donors (Lipinski definition) is 1. The summed E-state index contributed by atoms with van der Waals surface area (Å²) in [6.07, 6.45) is 4.37. The van der Waals surface area contributed by atoms with E-state index in [1.807, 2.05) is 24.0 Å². The molecule has 1 N–H and O–H groups in total. The third kappa shape index (κ3) is 4.65. The lowest BCUT2D eigenvalue weighted by atomic mass is 10.2. The number of carbonyl (C=O) groups is 1.